The second kappa shape index (κ2) is 3.80. The second-order valence-corrected chi connectivity index (χ2v) is 2.16. The van der Waals surface area contributed by atoms with Crippen molar-refractivity contribution in [2.75, 3.05) is 6.67 Å². The zero-order valence-electron chi connectivity index (χ0n) is 6.16. The molecule has 0 saturated heterocycles. The Bertz CT molecular complexity index is 274. The van der Waals surface area contributed by atoms with Crippen molar-refractivity contribution in [1.29, 1.82) is 0 Å². The number of nitrogens with zero attached hydrogens (tertiary/aromatic N) is 2. The van der Waals surface area contributed by atoms with E-state index >= 15 is 0 Å². The molecule has 1 aromatic heterocycles. The van der Waals surface area contributed by atoms with Crippen molar-refractivity contribution in [2.24, 2.45) is 0 Å². The van der Waals surface area contributed by atoms with Crippen LogP contribution in [0, 0.1) is 0 Å². The highest BCUT2D eigenvalue weighted by Gasteiger charge is 2.15. The Balaban J connectivity index is 2.70. The van der Waals surface area contributed by atoms with Crippen LogP contribution in [0.5, 0.6) is 0 Å². The molecule has 1 rings (SSSR count). The highest BCUT2D eigenvalue weighted by atomic mass is 19.1. The fourth-order valence-electron chi connectivity index (χ4n) is 0.767. The van der Waals surface area contributed by atoms with Crippen LogP contribution in [-0.2, 0) is 6.42 Å². The Labute approximate surface area is 67.1 Å². The quantitative estimate of drug-likeness (QED) is 0.725. The Morgan fingerprint density at radius 2 is 2.33 bits per heavy atom. The fraction of sp³-hybridized carbons (Fsp3) is 0.500. The van der Waals surface area contributed by atoms with Gasteiger partial charge in [0.1, 0.15) is 5.69 Å². The summed E-state index contributed by atoms with van der Waals surface area (Å²) in [6.07, 6.45) is 0.468. The number of aromatic nitrogens is 2. The van der Waals surface area contributed by atoms with Crippen LogP contribution >= 0.6 is 0 Å². The number of aryl methyl sites for hydroxylation is 1. The summed E-state index contributed by atoms with van der Waals surface area (Å²) in [5.41, 5.74) is -0.0383. The van der Waals surface area contributed by atoms with Gasteiger partial charge in [-0.25, -0.2) is 9.42 Å². The molecular formula is C6H7FN2O3. The Kier molecular flexibility index (Phi) is 2.73. The zero-order chi connectivity index (χ0) is 8.97. The van der Waals surface area contributed by atoms with Crippen molar-refractivity contribution in [1.82, 2.24) is 10.3 Å². The maximum atomic E-state index is 11.7. The molecule has 0 atom stereocenters. The van der Waals surface area contributed by atoms with E-state index < -0.39 is 12.6 Å². The summed E-state index contributed by atoms with van der Waals surface area (Å²) in [7, 11) is 0. The lowest BCUT2D eigenvalue weighted by Gasteiger charge is -1.90. The van der Waals surface area contributed by atoms with E-state index in [2.05, 4.69) is 14.9 Å². The van der Waals surface area contributed by atoms with Crippen LogP contribution < -0.4 is 0 Å². The van der Waals surface area contributed by atoms with Crippen molar-refractivity contribution in [3.63, 3.8) is 0 Å². The number of alkyl halides is 1. The number of hydrogen-bond acceptors (Lipinski definition) is 4. The van der Waals surface area contributed by atoms with Gasteiger partial charge in [0.2, 0.25) is 5.69 Å². The summed E-state index contributed by atoms with van der Waals surface area (Å²) in [6, 6.07) is 0. The van der Waals surface area contributed by atoms with Gasteiger partial charge < -0.3 is 5.11 Å². The lowest BCUT2D eigenvalue weighted by atomic mass is 10.2. The number of rotatable bonds is 4. The van der Waals surface area contributed by atoms with E-state index in [9.17, 15) is 9.18 Å². The van der Waals surface area contributed by atoms with Gasteiger partial charge in [-0.3, -0.25) is 4.39 Å². The van der Waals surface area contributed by atoms with E-state index in [0.29, 0.717) is 0 Å². The van der Waals surface area contributed by atoms with Crippen LogP contribution in [-0.4, -0.2) is 28.1 Å². The Morgan fingerprint density at radius 3 is 2.92 bits per heavy atom. The molecule has 0 saturated carbocycles. The lowest BCUT2D eigenvalue weighted by molar-refractivity contribution is 0.0684. The molecule has 0 radical (unpaired) electrons. The molecule has 0 bridgehead atoms. The molecule has 0 fully saturated rings. The predicted molar refractivity (Wildman–Crippen MR) is 35.6 cm³/mol. The Hall–Kier alpha value is -1.46. The van der Waals surface area contributed by atoms with E-state index in [1.165, 1.54) is 0 Å². The van der Waals surface area contributed by atoms with E-state index in [1.54, 1.807) is 0 Å². The lowest BCUT2D eigenvalue weighted by Crippen LogP contribution is -2.02. The molecule has 0 aliphatic heterocycles. The van der Waals surface area contributed by atoms with Crippen molar-refractivity contribution in [3.8, 4) is 0 Å². The van der Waals surface area contributed by atoms with Crippen molar-refractivity contribution >= 4 is 5.97 Å². The van der Waals surface area contributed by atoms with Gasteiger partial charge in [0.05, 0.1) is 6.67 Å². The number of aromatic carboxylic acids is 1. The second-order valence-electron chi connectivity index (χ2n) is 2.16. The highest BCUT2D eigenvalue weighted by molar-refractivity contribution is 5.86. The van der Waals surface area contributed by atoms with Gasteiger partial charge in [0.15, 0.2) is 0 Å². The minimum Gasteiger partial charge on any atom is -0.476 e. The third-order valence-electron chi connectivity index (χ3n) is 1.31. The normalized spacial score (nSPS) is 10.1. The molecule has 5 nitrogen and oxygen atoms in total. The monoisotopic (exact) mass is 174 g/mol. The first-order chi connectivity index (χ1) is 5.75. The summed E-state index contributed by atoms with van der Waals surface area (Å²) >= 11 is 0. The molecule has 0 aliphatic rings. The van der Waals surface area contributed by atoms with E-state index in [4.69, 9.17) is 5.11 Å². The summed E-state index contributed by atoms with van der Waals surface area (Å²) in [5, 5.41) is 15.0. The van der Waals surface area contributed by atoms with Crippen LogP contribution in [0.1, 0.15) is 22.6 Å². The number of halogens is 1. The number of carboxylic acid groups (broad SMARTS) is 1. The van der Waals surface area contributed by atoms with Gasteiger partial charge in [0, 0.05) is 0 Å². The third-order valence-corrected chi connectivity index (χ3v) is 1.31. The topological polar surface area (TPSA) is 76.2 Å². The largest absolute Gasteiger partial charge is 0.476 e. The van der Waals surface area contributed by atoms with Gasteiger partial charge in [-0.2, -0.15) is 0 Å². The first-order valence-electron chi connectivity index (χ1n) is 3.36. The SMILES string of the molecule is O=C(O)c1nonc1CCCF. The van der Waals surface area contributed by atoms with E-state index in [-0.39, 0.29) is 24.2 Å². The van der Waals surface area contributed by atoms with Crippen LogP contribution in [0.3, 0.4) is 0 Å². The molecule has 0 amide bonds. The molecule has 1 heterocycles. The minimum atomic E-state index is -1.20. The van der Waals surface area contributed by atoms with Crippen molar-refractivity contribution in [3.05, 3.63) is 11.4 Å². The van der Waals surface area contributed by atoms with Gasteiger partial charge in [-0.1, -0.05) is 5.16 Å². The van der Waals surface area contributed by atoms with Crippen LogP contribution in [0.4, 0.5) is 4.39 Å². The first kappa shape index (κ1) is 8.63. The molecule has 6 heteroatoms. The maximum Gasteiger partial charge on any atom is 0.360 e. The summed E-state index contributed by atoms with van der Waals surface area (Å²) in [4.78, 5) is 10.4. The smallest absolute Gasteiger partial charge is 0.360 e. The van der Waals surface area contributed by atoms with Gasteiger partial charge in [0.25, 0.3) is 0 Å². The summed E-state index contributed by atoms with van der Waals surface area (Å²) < 4.78 is 15.9. The number of hydrogen-bond donors (Lipinski definition) is 1. The van der Waals surface area contributed by atoms with Gasteiger partial charge >= 0.3 is 5.97 Å². The Morgan fingerprint density at radius 1 is 1.58 bits per heavy atom. The standard InChI is InChI=1S/C6H7FN2O3/c7-3-1-2-4-5(6(10)11)9-12-8-4/h1-3H2,(H,10,11). The highest BCUT2D eigenvalue weighted by Crippen LogP contribution is 2.05. The molecule has 0 aliphatic carbocycles. The van der Waals surface area contributed by atoms with E-state index in [0.717, 1.165) is 0 Å². The van der Waals surface area contributed by atoms with Gasteiger partial charge in [-0.05, 0) is 18.0 Å². The average Bonchev–Trinajstić information content (AvgIpc) is 2.48. The number of carboxylic acids is 1. The maximum absolute atomic E-state index is 11.7. The first-order valence-corrected chi connectivity index (χ1v) is 3.36. The minimum absolute atomic E-state index is 0.195. The van der Waals surface area contributed by atoms with Crippen molar-refractivity contribution in [2.45, 2.75) is 12.8 Å². The molecule has 0 aromatic carbocycles. The molecule has 66 valence electrons. The average molecular weight is 174 g/mol. The fourth-order valence-corrected chi connectivity index (χ4v) is 0.767. The molecule has 0 spiro atoms. The van der Waals surface area contributed by atoms with Crippen LogP contribution in [0.2, 0.25) is 0 Å². The predicted octanol–water partition coefficient (Wildman–Crippen LogP) is 0.670. The van der Waals surface area contributed by atoms with Gasteiger partial charge in [-0.15, -0.1) is 0 Å². The summed E-state index contributed by atoms with van der Waals surface area (Å²) in [6.45, 7) is -0.508. The van der Waals surface area contributed by atoms with Crippen LogP contribution in [0.25, 0.3) is 0 Å². The third kappa shape index (κ3) is 1.77. The van der Waals surface area contributed by atoms with Crippen LogP contribution in [0.15, 0.2) is 4.63 Å². The summed E-state index contributed by atoms with van der Waals surface area (Å²) in [5.74, 6) is -1.20. The molecule has 1 N–H and O–H groups in total. The zero-order valence-corrected chi connectivity index (χ0v) is 6.16. The number of carbonyl (C=O) groups is 1. The molecule has 1 aromatic rings. The van der Waals surface area contributed by atoms with Crippen molar-refractivity contribution < 1.29 is 18.9 Å². The van der Waals surface area contributed by atoms with E-state index in [1.807, 2.05) is 0 Å². The molecule has 0 unspecified atom stereocenters. The molecular weight excluding hydrogens is 167 g/mol. The molecule has 12 heavy (non-hydrogen) atoms.